The minimum absolute atomic E-state index is 0. The summed E-state index contributed by atoms with van der Waals surface area (Å²) in [7, 11) is 4.05. The van der Waals surface area contributed by atoms with Crippen molar-refractivity contribution in [3.8, 4) is 0 Å². The molecule has 1 saturated carbocycles. The van der Waals surface area contributed by atoms with Crippen LogP contribution in [0.2, 0.25) is 0 Å². The highest BCUT2D eigenvalue weighted by atomic mass is 127. The normalized spacial score (nSPS) is 14.7. The van der Waals surface area contributed by atoms with Gasteiger partial charge in [-0.3, -0.25) is 0 Å². The van der Waals surface area contributed by atoms with Crippen molar-refractivity contribution in [1.82, 2.24) is 25.0 Å². The summed E-state index contributed by atoms with van der Waals surface area (Å²) in [5, 5.41) is 13.4. The zero-order valence-corrected chi connectivity index (χ0v) is 20.8. The van der Waals surface area contributed by atoms with E-state index in [0.29, 0.717) is 12.6 Å². The molecule has 1 fully saturated rings. The summed E-state index contributed by atoms with van der Waals surface area (Å²) >= 11 is 1.70. The minimum atomic E-state index is 0. The monoisotopic (exact) mass is 528 g/mol. The Hall–Kier alpha value is -1.29. The van der Waals surface area contributed by atoms with E-state index < -0.39 is 0 Å². The summed E-state index contributed by atoms with van der Waals surface area (Å²) in [6.45, 7) is 1.56. The van der Waals surface area contributed by atoms with Gasteiger partial charge in [0.05, 0.1) is 6.54 Å². The van der Waals surface area contributed by atoms with Crippen molar-refractivity contribution in [2.75, 3.05) is 26.9 Å². The van der Waals surface area contributed by atoms with Crippen molar-refractivity contribution in [3.05, 3.63) is 41.7 Å². The average molecular weight is 529 g/mol. The van der Waals surface area contributed by atoms with Gasteiger partial charge in [0.2, 0.25) is 0 Å². The Labute approximate surface area is 196 Å². The number of guanidine groups is 1. The standard InChI is InChI=1S/C21H32N6S.HI/c1-26(2)20(23-16-17-10-5-4-6-11-17)22-15-9-14-19-24-25-21(28-3)27(19)18-12-7-8-13-18;/h4-6,10-11,18H,7-9,12-16H2,1-3H3,(H,22,23);1H. The van der Waals surface area contributed by atoms with Crippen molar-refractivity contribution >= 4 is 41.7 Å². The molecule has 1 aliphatic carbocycles. The van der Waals surface area contributed by atoms with Crippen molar-refractivity contribution < 1.29 is 0 Å². The number of rotatable bonds is 8. The Balaban J connectivity index is 0.00000300. The van der Waals surface area contributed by atoms with Gasteiger partial charge in [0.15, 0.2) is 11.1 Å². The number of nitrogens with one attached hydrogen (secondary N) is 1. The lowest BCUT2D eigenvalue weighted by molar-refractivity contribution is 0.460. The zero-order valence-electron chi connectivity index (χ0n) is 17.7. The van der Waals surface area contributed by atoms with Crippen LogP contribution in [0.25, 0.3) is 0 Å². The molecule has 0 radical (unpaired) electrons. The van der Waals surface area contributed by atoms with E-state index >= 15 is 0 Å². The van der Waals surface area contributed by atoms with Gasteiger partial charge in [0, 0.05) is 33.1 Å². The molecule has 0 atom stereocenters. The number of nitrogens with zero attached hydrogens (tertiary/aromatic N) is 5. The van der Waals surface area contributed by atoms with Gasteiger partial charge in [-0.25, -0.2) is 4.99 Å². The quantitative estimate of drug-likeness (QED) is 0.181. The van der Waals surface area contributed by atoms with Crippen LogP contribution in [0.1, 0.15) is 49.5 Å². The molecule has 1 aromatic carbocycles. The molecule has 160 valence electrons. The van der Waals surface area contributed by atoms with E-state index in [2.05, 4.69) is 50.6 Å². The highest BCUT2D eigenvalue weighted by Crippen LogP contribution is 2.33. The zero-order chi connectivity index (χ0) is 19.8. The molecule has 0 aliphatic heterocycles. The summed E-state index contributed by atoms with van der Waals surface area (Å²) in [5.74, 6) is 2.05. The van der Waals surface area contributed by atoms with Gasteiger partial charge in [-0.05, 0) is 31.1 Å². The van der Waals surface area contributed by atoms with Crippen LogP contribution in [0.15, 0.2) is 40.5 Å². The lowest BCUT2D eigenvalue weighted by atomic mass is 10.2. The summed E-state index contributed by atoms with van der Waals surface area (Å²) in [6, 6.07) is 10.9. The lowest BCUT2D eigenvalue weighted by Gasteiger charge is -2.18. The molecule has 0 unspecified atom stereocenters. The van der Waals surface area contributed by atoms with Gasteiger partial charge in [-0.2, -0.15) is 0 Å². The number of hydrogen-bond acceptors (Lipinski definition) is 4. The number of aryl methyl sites for hydroxylation is 1. The van der Waals surface area contributed by atoms with Crippen molar-refractivity contribution in [1.29, 1.82) is 0 Å². The highest BCUT2D eigenvalue weighted by molar-refractivity contribution is 14.0. The highest BCUT2D eigenvalue weighted by Gasteiger charge is 2.23. The van der Waals surface area contributed by atoms with E-state index in [1.54, 1.807) is 11.8 Å². The van der Waals surface area contributed by atoms with Crippen LogP contribution in [0.3, 0.4) is 0 Å². The van der Waals surface area contributed by atoms with E-state index in [4.69, 9.17) is 4.99 Å². The molecule has 1 heterocycles. The molecule has 6 nitrogen and oxygen atoms in total. The molecule has 1 aromatic heterocycles. The summed E-state index contributed by atoms with van der Waals surface area (Å²) in [6.07, 6.45) is 9.20. The van der Waals surface area contributed by atoms with Crippen LogP contribution in [0, 0.1) is 0 Å². The second kappa shape index (κ2) is 12.4. The molecule has 2 aromatic rings. The van der Waals surface area contributed by atoms with Gasteiger partial charge in [-0.1, -0.05) is 54.9 Å². The third-order valence-corrected chi connectivity index (χ3v) is 5.79. The Morgan fingerprint density at radius 1 is 1.21 bits per heavy atom. The first-order valence-electron chi connectivity index (χ1n) is 10.2. The molecule has 1 aliphatic rings. The maximum atomic E-state index is 4.73. The first-order valence-corrected chi connectivity index (χ1v) is 11.4. The van der Waals surface area contributed by atoms with E-state index in [1.165, 1.54) is 31.2 Å². The Bertz CT molecular complexity index is 756. The van der Waals surface area contributed by atoms with Gasteiger partial charge in [-0.15, -0.1) is 34.2 Å². The second-order valence-corrected chi connectivity index (χ2v) is 8.23. The van der Waals surface area contributed by atoms with Crippen molar-refractivity contribution in [3.63, 3.8) is 0 Å². The molecule has 3 rings (SSSR count). The topological polar surface area (TPSA) is 58.3 Å². The summed E-state index contributed by atoms with van der Waals surface area (Å²) in [5.41, 5.74) is 1.22. The Kier molecular flexibility index (Phi) is 10.3. The average Bonchev–Trinajstić information content (AvgIpc) is 3.37. The van der Waals surface area contributed by atoms with E-state index in [-0.39, 0.29) is 24.0 Å². The fraction of sp³-hybridized carbons (Fsp3) is 0.571. The lowest BCUT2D eigenvalue weighted by Crippen LogP contribution is -2.37. The van der Waals surface area contributed by atoms with Crippen LogP contribution < -0.4 is 5.32 Å². The smallest absolute Gasteiger partial charge is 0.193 e. The number of aliphatic imine (C=N–C) groups is 1. The van der Waals surface area contributed by atoms with E-state index in [0.717, 1.165) is 36.3 Å². The SMILES string of the molecule is CSc1nnc(CCCNC(=NCc2ccccc2)N(C)C)n1C1CCCC1.I. The third kappa shape index (κ3) is 6.87. The number of benzene rings is 1. The van der Waals surface area contributed by atoms with Gasteiger partial charge >= 0.3 is 0 Å². The van der Waals surface area contributed by atoms with E-state index in [1.807, 2.05) is 25.1 Å². The molecule has 0 bridgehead atoms. The third-order valence-electron chi connectivity index (χ3n) is 5.15. The van der Waals surface area contributed by atoms with Crippen LogP contribution in [0.4, 0.5) is 0 Å². The fourth-order valence-corrected chi connectivity index (χ4v) is 4.27. The molecule has 0 spiro atoms. The molecule has 0 saturated heterocycles. The van der Waals surface area contributed by atoms with Crippen molar-refractivity contribution in [2.45, 2.75) is 56.3 Å². The van der Waals surface area contributed by atoms with Crippen LogP contribution in [-0.4, -0.2) is 52.5 Å². The molecule has 8 heteroatoms. The molecule has 29 heavy (non-hydrogen) atoms. The predicted molar refractivity (Wildman–Crippen MR) is 132 cm³/mol. The van der Waals surface area contributed by atoms with Crippen molar-refractivity contribution in [2.24, 2.45) is 4.99 Å². The fourth-order valence-electron chi connectivity index (χ4n) is 3.70. The number of hydrogen-bond donors (Lipinski definition) is 1. The largest absolute Gasteiger partial charge is 0.356 e. The van der Waals surface area contributed by atoms with Gasteiger partial charge in [0.1, 0.15) is 5.82 Å². The number of aromatic nitrogens is 3. The maximum absolute atomic E-state index is 4.73. The number of halogens is 1. The Morgan fingerprint density at radius 3 is 2.59 bits per heavy atom. The minimum Gasteiger partial charge on any atom is -0.356 e. The first kappa shape index (κ1) is 24.0. The molecular formula is C21H33IN6S. The van der Waals surface area contributed by atoms with Gasteiger partial charge in [0.25, 0.3) is 0 Å². The van der Waals surface area contributed by atoms with Crippen LogP contribution in [-0.2, 0) is 13.0 Å². The molecule has 1 N–H and O–H groups in total. The molecular weight excluding hydrogens is 495 g/mol. The van der Waals surface area contributed by atoms with E-state index in [9.17, 15) is 0 Å². The maximum Gasteiger partial charge on any atom is 0.193 e. The molecule has 0 amide bonds. The second-order valence-electron chi connectivity index (χ2n) is 7.46. The Morgan fingerprint density at radius 2 is 1.93 bits per heavy atom. The van der Waals surface area contributed by atoms with Crippen LogP contribution >= 0.6 is 35.7 Å². The summed E-state index contributed by atoms with van der Waals surface area (Å²) < 4.78 is 2.40. The number of thioether (sulfide) groups is 1. The van der Waals surface area contributed by atoms with Crippen LogP contribution in [0.5, 0.6) is 0 Å². The summed E-state index contributed by atoms with van der Waals surface area (Å²) in [4.78, 5) is 6.77. The predicted octanol–water partition coefficient (Wildman–Crippen LogP) is 4.37. The van der Waals surface area contributed by atoms with Gasteiger partial charge < -0.3 is 14.8 Å². The first-order chi connectivity index (χ1) is 13.7.